The fraction of sp³-hybridized carbons (Fsp3) is 0.400. The molecule has 1 amide bonds. The lowest BCUT2D eigenvalue weighted by Crippen LogP contribution is -2.41. The number of piperidine rings is 1. The van der Waals surface area contributed by atoms with Crippen LogP contribution >= 0.6 is 0 Å². The molecule has 3 aromatic rings. The summed E-state index contributed by atoms with van der Waals surface area (Å²) in [6, 6.07) is 7.64. The Morgan fingerprint density at radius 2 is 1.90 bits per heavy atom. The maximum atomic E-state index is 12.7. The Kier molecular flexibility index (Phi) is 5.20. The minimum atomic E-state index is -0.148. The average Bonchev–Trinajstić information content (AvgIpc) is 3.06. The topological polar surface area (TPSA) is 102 Å². The highest BCUT2D eigenvalue weighted by atomic mass is 16.2. The molecule has 1 saturated heterocycles. The van der Waals surface area contributed by atoms with Crippen molar-refractivity contribution in [2.75, 3.05) is 23.3 Å². The maximum absolute atomic E-state index is 12.7. The van der Waals surface area contributed by atoms with Gasteiger partial charge in [-0.25, -0.2) is 14.6 Å². The van der Waals surface area contributed by atoms with Gasteiger partial charge in [0.1, 0.15) is 0 Å². The van der Waals surface area contributed by atoms with E-state index in [0.29, 0.717) is 18.3 Å². The molecule has 1 atom stereocenters. The summed E-state index contributed by atoms with van der Waals surface area (Å²) in [7, 11) is 0. The summed E-state index contributed by atoms with van der Waals surface area (Å²) in [5, 5.41) is 16.0. The fourth-order valence-corrected chi connectivity index (χ4v) is 3.58. The average molecular weight is 392 g/mol. The number of rotatable bonds is 4. The molecule has 0 spiro atoms. The summed E-state index contributed by atoms with van der Waals surface area (Å²) >= 11 is 0. The molecule has 4 rings (SSSR count). The summed E-state index contributed by atoms with van der Waals surface area (Å²) < 4.78 is 1.78. The second kappa shape index (κ2) is 7.94. The third-order valence-electron chi connectivity index (χ3n) is 5.01. The van der Waals surface area contributed by atoms with E-state index in [-0.39, 0.29) is 11.8 Å². The Morgan fingerprint density at radius 1 is 1.10 bits per heavy atom. The van der Waals surface area contributed by atoms with Gasteiger partial charge < -0.3 is 4.90 Å². The van der Waals surface area contributed by atoms with Crippen molar-refractivity contribution in [1.29, 1.82) is 0 Å². The Balaban J connectivity index is 1.44. The molecule has 150 valence electrons. The highest BCUT2D eigenvalue weighted by Crippen LogP contribution is 2.23. The molecule has 9 nitrogen and oxygen atoms in total. The molecule has 1 aliphatic rings. The molecule has 0 saturated carbocycles. The van der Waals surface area contributed by atoms with E-state index in [1.807, 2.05) is 39.0 Å². The third kappa shape index (κ3) is 4.23. The highest BCUT2D eigenvalue weighted by molar-refractivity contribution is 5.91. The second-order valence-corrected chi connectivity index (χ2v) is 7.38. The first-order valence-corrected chi connectivity index (χ1v) is 9.72. The van der Waals surface area contributed by atoms with E-state index >= 15 is 0 Å². The van der Waals surface area contributed by atoms with Crippen molar-refractivity contribution < 1.29 is 4.79 Å². The SMILES string of the molecule is Cc1ccnc(NC(=O)C2CCCN(c3ccc(-n4nc(C)cc4C)nn3)C2)n1. The van der Waals surface area contributed by atoms with E-state index in [1.54, 1.807) is 16.9 Å². The van der Waals surface area contributed by atoms with Crippen molar-refractivity contribution in [3.63, 3.8) is 0 Å². The number of nitrogens with zero attached hydrogens (tertiary/aromatic N) is 7. The van der Waals surface area contributed by atoms with Crippen LogP contribution in [0.15, 0.2) is 30.5 Å². The van der Waals surface area contributed by atoms with Crippen LogP contribution in [0.4, 0.5) is 11.8 Å². The van der Waals surface area contributed by atoms with Gasteiger partial charge in [-0.15, -0.1) is 10.2 Å². The van der Waals surface area contributed by atoms with Gasteiger partial charge in [-0.1, -0.05) is 0 Å². The number of nitrogens with one attached hydrogen (secondary N) is 1. The van der Waals surface area contributed by atoms with Gasteiger partial charge in [0, 0.05) is 30.7 Å². The summed E-state index contributed by atoms with van der Waals surface area (Å²) in [6.07, 6.45) is 3.38. The van der Waals surface area contributed by atoms with Crippen molar-refractivity contribution in [3.8, 4) is 5.82 Å². The Hall–Kier alpha value is -3.36. The van der Waals surface area contributed by atoms with Gasteiger partial charge in [-0.3, -0.25) is 10.1 Å². The lowest BCUT2D eigenvalue weighted by Gasteiger charge is -2.32. The number of carbonyl (C=O) groups excluding carboxylic acids is 1. The largest absolute Gasteiger partial charge is 0.354 e. The van der Waals surface area contributed by atoms with Gasteiger partial charge >= 0.3 is 0 Å². The van der Waals surface area contributed by atoms with E-state index in [1.165, 1.54) is 0 Å². The van der Waals surface area contributed by atoms with Crippen molar-refractivity contribution >= 4 is 17.7 Å². The fourth-order valence-electron chi connectivity index (χ4n) is 3.58. The highest BCUT2D eigenvalue weighted by Gasteiger charge is 2.27. The third-order valence-corrected chi connectivity index (χ3v) is 5.01. The lowest BCUT2D eigenvalue weighted by atomic mass is 9.97. The molecule has 9 heteroatoms. The molecule has 0 aliphatic carbocycles. The Bertz CT molecular complexity index is 1010. The van der Waals surface area contributed by atoms with E-state index in [9.17, 15) is 4.79 Å². The van der Waals surface area contributed by atoms with Gasteiger partial charge in [0.05, 0.1) is 11.6 Å². The van der Waals surface area contributed by atoms with Crippen LogP contribution < -0.4 is 10.2 Å². The van der Waals surface area contributed by atoms with Crippen LogP contribution in [-0.4, -0.2) is 48.9 Å². The van der Waals surface area contributed by atoms with Crippen LogP contribution in [-0.2, 0) is 4.79 Å². The van der Waals surface area contributed by atoms with E-state index in [2.05, 4.69) is 35.5 Å². The molecular formula is C20H24N8O. The molecule has 29 heavy (non-hydrogen) atoms. The number of amides is 1. The quantitative estimate of drug-likeness (QED) is 0.726. The first-order chi connectivity index (χ1) is 14.0. The van der Waals surface area contributed by atoms with Crippen LogP contribution in [0.5, 0.6) is 0 Å². The molecule has 1 fully saturated rings. The Morgan fingerprint density at radius 3 is 2.59 bits per heavy atom. The molecule has 4 heterocycles. The lowest BCUT2D eigenvalue weighted by molar-refractivity contribution is -0.120. The normalized spacial score (nSPS) is 16.7. The standard InChI is InChI=1S/C20H24N8O/c1-13-8-9-21-20(22-13)23-19(29)16-5-4-10-27(12-16)17-6-7-18(25-24-17)28-15(3)11-14(2)26-28/h6-9,11,16H,4-5,10,12H2,1-3H3,(H,21,22,23,29). The number of aromatic nitrogens is 6. The second-order valence-electron chi connectivity index (χ2n) is 7.38. The van der Waals surface area contributed by atoms with Crippen molar-refractivity contribution in [2.45, 2.75) is 33.6 Å². The molecule has 0 bridgehead atoms. The van der Waals surface area contributed by atoms with Crippen LogP contribution in [0.2, 0.25) is 0 Å². The molecule has 0 aromatic carbocycles. The first-order valence-electron chi connectivity index (χ1n) is 9.72. The number of carbonyl (C=O) groups is 1. The number of hydrogen-bond donors (Lipinski definition) is 1. The molecule has 3 aromatic heterocycles. The maximum Gasteiger partial charge on any atom is 0.231 e. The van der Waals surface area contributed by atoms with E-state index in [4.69, 9.17) is 0 Å². The zero-order valence-corrected chi connectivity index (χ0v) is 16.8. The predicted molar refractivity (Wildman–Crippen MR) is 109 cm³/mol. The van der Waals surface area contributed by atoms with Crippen molar-refractivity contribution in [1.82, 2.24) is 29.9 Å². The molecule has 1 aliphatic heterocycles. The summed E-state index contributed by atoms with van der Waals surface area (Å²) in [5.41, 5.74) is 2.77. The van der Waals surface area contributed by atoms with Gasteiger partial charge in [0.25, 0.3) is 0 Å². The minimum Gasteiger partial charge on any atom is -0.354 e. The van der Waals surface area contributed by atoms with Crippen molar-refractivity contribution in [3.05, 3.63) is 47.5 Å². The molecular weight excluding hydrogens is 368 g/mol. The van der Waals surface area contributed by atoms with Crippen LogP contribution in [0.1, 0.15) is 29.9 Å². The van der Waals surface area contributed by atoms with Crippen LogP contribution in [0.3, 0.4) is 0 Å². The number of aryl methyl sites for hydroxylation is 3. The molecule has 0 radical (unpaired) electrons. The first kappa shape index (κ1) is 19.0. The van der Waals surface area contributed by atoms with Crippen molar-refractivity contribution in [2.24, 2.45) is 5.92 Å². The zero-order valence-electron chi connectivity index (χ0n) is 16.8. The van der Waals surface area contributed by atoms with Crippen LogP contribution in [0, 0.1) is 26.7 Å². The predicted octanol–water partition coefficient (Wildman–Crippen LogP) is 2.23. The monoisotopic (exact) mass is 392 g/mol. The smallest absolute Gasteiger partial charge is 0.231 e. The summed E-state index contributed by atoms with van der Waals surface area (Å²) in [6.45, 7) is 7.24. The van der Waals surface area contributed by atoms with Gasteiger partial charge in [-0.05, 0) is 57.9 Å². The summed E-state index contributed by atoms with van der Waals surface area (Å²) in [5.74, 6) is 1.58. The van der Waals surface area contributed by atoms with E-state index < -0.39 is 0 Å². The summed E-state index contributed by atoms with van der Waals surface area (Å²) in [4.78, 5) is 23.1. The molecule has 1 unspecified atom stereocenters. The van der Waals surface area contributed by atoms with Gasteiger partial charge in [0.2, 0.25) is 11.9 Å². The van der Waals surface area contributed by atoms with Gasteiger partial charge in [-0.2, -0.15) is 5.10 Å². The number of anilines is 2. The van der Waals surface area contributed by atoms with Crippen LogP contribution in [0.25, 0.3) is 5.82 Å². The van der Waals surface area contributed by atoms with E-state index in [0.717, 1.165) is 42.3 Å². The Labute approximate surface area is 169 Å². The van der Waals surface area contributed by atoms with Gasteiger partial charge in [0.15, 0.2) is 11.6 Å². The molecule has 1 N–H and O–H groups in total. The zero-order chi connectivity index (χ0) is 20.4. The number of hydrogen-bond acceptors (Lipinski definition) is 7. The minimum absolute atomic E-state index is 0.0625.